The molecule has 1 rings (SSSR count). The number of nitrogens with two attached hydrogens (primary N) is 1. The van der Waals surface area contributed by atoms with E-state index in [1.807, 2.05) is 0 Å². The van der Waals surface area contributed by atoms with Crippen molar-refractivity contribution in [3.63, 3.8) is 0 Å². The Hall–Kier alpha value is -0.770. The Morgan fingerprint density at radius 3 is 2.42 bits per heavy atom. The molecule has 0 radical (unpaired) electrons. The van der Waals surface area contributed by atoms with Crippen molar-refractivity contribution in [3.05, 3.63) is 0 Å². The highest BCUT2D eigenvalue weighted by Crippen LogP contribution is 2.45. The van der Waals surface area contributed by atoms with Gasteiger partial charge in [0.25, 0.3) is 0 Å². The van der Waals surface area contributed by atoms with Crippen LogP contribution in [0.5, 0.6) is 0 Å². The third-order valence-electron chi connectivity index (χ3n) is 4.32. The molecule has 1 fully saturated rings. The zero-order valence-corrected chi connectivity index (χ0v) is 13.3. The molecule has 0 spiro atoms. The van der Waals surface area contributed by atoms with Gasteiger partial charge in [-0.25, -0.2) is 4.99 Å². The largest absolute Gasteiger partial charge is 0.377 e. The molecular weight excluding hydrogens is 238 g/mol. The van der Waals surface area contributed by atoms with Gasteiger partial charge < -0.3 is 15.4 Å². The summed E-state index contributed by atoms with van der Waals surface area (Å²) in [6, 6.07) is 0.291. The lowest BCUT2D eigenvalue weighted by Gasteiger charge is -2.49. The molecule has 1 saturated carbocycles. The third-order valence-corrected chi connectivity index (χ3v) is 4.32. The Morgan fingerprint density at radius 1 is 1.32 bits per heavy atom. The summed E-state index contributed by atoms with van der Waals surface area (Å²) in [6.07, 6.45) is 3.65. The molecule has 0 bridgehead atoms. The predicted molar refractivity (Wildman–Crippen MR) is 81.4 cm³/mol. The Kier molecular flexibility index (Phi) is 6.11. The summed E-state index contributed by atoms with van der Waals surface area (Å²) in [6.45, 7) is 13.6. The Morgan fingerprint density at radius 2 is 1.95 bits per heavy atom. The van der Waals surface area contributed by atoms with Crippen LogP contribution in [0.15, 0.2) is 4.99 Å². The first kappa shape index (κ1) is 16.3. The molecule has 0 aromatic heterocycles. The van der Waals surface area contributed by atoms with Crippen LogP contribution in [0.4, 0.5) is 0 Å². The Labute approximate surface area is 118 Å². The van der Waals surface area contributed by atoms with E-state index in [1.165, 1.54) is 6.42 Å². The average Bonchev–Trinajstić information content (AvgIpc) is 2.38. The van der Waals surface area contributed by atoms with E-state index in [2.05, 4.69) is 39.5 Å². The van der Waals surface area contributed by atoms with Gasteiger partial charge in [0.15, 0.2) is 5.96 Å². The molecule has 4 nitrogen and oxygen atoms in total. The van der Waals surface area contributed by atoms with Gasteiger partial charge in [-0.1, -0.05) is 27.2 Å². The van der Waals surface area contributed by atoms with Crippen LogP contribution in [0, 0.1) is 5.41 Å². The average molecular weight is 269 g/mol. The maximum atomic E-state index is 6.07. The van der Waals surface area contributed by atoms with Crippen LogP contribution in [0.3, 0.4) is 0 Å². The van der Waals surface area contributed by atoms with E-state index in [9.17, 15) is 0 Å². The van der Waals surface area contributed by atoms with Crippen molar-refractivity contribution < 1.29 is 4.74 Å². The van der Waals surface area contributed by atoms with E-state index in [1.54, 1.807) is 0 Å². The van der Waals surface area contributed by atoms with Crippen LogP contribution >= 0.6 is 0 Å². The maximum absolute atomic E-state index is 6.07. The second-order valence-electron chi connectivity index (χ2n) is 5.95. The maximum Gasteiger partial charge on any atom is 0.191 e. The van der Waals surface area contributed by atoms with Gasteiger partial charge in [-0.3, -0.25) is 0 Å². The molecule has 2 N–H and O–H groups in total. The van der Waals surface area contributed by atoms with E-state index < -0.39 is 0 Å². The summed E-state index contributed by atoms with van der Waals surface area (Å²) < 4.78 is 5.93. The topological polar surface area (TPSA) is 50.9 Å². The third kappa shape index (κ3) is 3.85. The first-order chi connectivity index (χ1) is 8.97. The summed E-state index contributed by atoms with van der Waals surface area (Å²) >= 11 is 0. The summed E-state index contributed by atoms with van der Waals surface area (Å²) in [5.41, 5.74) is 6.18. The zero-order valence-electron chi connectivity index (χ0n) is 13.3. The Bertz CT molecular complexity index is 298. The number of hydrogen-bond donors (Lipinski definition) is 1. The van der Waals surface area contributed by atoms with Crippen molar-refractivity contribution in [2.45, 2.75) is 66.0 Å². The summed E-state index contributed by atoms with van der Waals surface area (Å²) in [4.78, 5) is 6.79. The molecule has 1 aliphatic carbocycles. The van der Waals surface area contributed by atoms with Gasteiger partial charge in [0, 0.05) is 25.1 Å². The molecule has 0 saturated heterocycles. The molecule has 112 valence electrons. The lowest BCUT2D eigenvalue weighted by atomic mass is 9.65. The highest BCUT2D eigenvalue weighted by molar-refractivity contribution is 5.78. The molecule has 2 atom stereocenters. The predicted octanol–water partition coefficient (Wildman–Crippen LogP) is 2.63. The van der Waals surface area contributed by atoms with Crippen LogP contribution in [0.2, 0.25) is 0 Å². The first-order valence-corrected chi connectivity index (χ1v) is 7.67. The van der Waals surface area contributed by atoms with Gasteiger partial charge >= 0.3 is 0 Å². The molecule has 0 heterocycles. The molecule has 0 aromatic rings. The van der Waals surface area contributed by atoms with Gasteiger partial charge in [-0.15, -0.1) is 0 Å². The van der Waals surface area contributed by atoms with Gasteiger partial charge in [0.1, 0.15) is 0 Å². The fraction of sp³-hybridized carbons (Fsp3) is 0.933. The highest BCUT2D eigenvalue weighted by atomic mass is 16.5. The van der Waals surface area contributed by atoms with Crippen LogP contribution in [0.1, 0.15) is 53.9 Å². The number of nitrogens with zero attached hydrogens (tertiary/aromatic N) is 2. The monoisotopic (exact) mass is 269 g/mol. The van der Waals surface area contributed by atoms with Crippen molar-refractivity contribution in [1.29, 1.82) is 0 Å². The molecular formula is C15H31N3O. The highest BCUT2D eigenvalue weighted by Gasteiger charge is 2.49. The van der Waals surface area contributed by atoms with Crippen LogP contribution in [-0.4, -0.2) is 42.7 Å². The van der Waals surface area contributed by atoms with Crippen molar-refractivity contribution in [1.82, 2.24) is 4.90 Å². The minimum absolute atomic E-state index is 0.103. The minimum atomic E-state index is 0.103. The van der Waals surface area contributed by atoms with Crippen molar-refractivity contribution in [2.24, 2.45) is 16.1 Å². The number of unbranched alkanes of at least 4 members (excludes halogenated alkanes) is 1. The minimum Gasteiger partial charge on any atom is -0.377 e. The quantitative estimate of drug-likeness (QED) is 0.439. The molecule has 2 unspecified atom stereocenters. The van der Waals surface area contributed by atoms with E-state index in [0.29, 0.717) is 18.1 Å². The van der Waals surface area contributed by atoms with E-state index in [-0.39, 0.29) is 5.41 Å². The molecule has 1 aliphatic rings. The van der Waals surface area contributed by atoms with Crippen molar-refractivity contribution in [3.8, 4) is 0 Å². The zero-order chi connectivity index (χ0) is 14.5. The SMILES string of the molecule is CCCCOC1CC(N=C(N)N(CC)CC)C1(C)C. The molecule has 4 heteroatoms. The normalized spacial score (nSPS) is 26.1. The van der Waals surface area contributed by atoms with E-state index >= 15 is 0 Å². The molecule has 0 aromatic carbocycles. The van der Waals surface area contributed by atoms with Gasteiger partial charge in [0.2, 0.25) is 0 Å². The fourth-order valence-corrected chi connectivity index (χ4v) is 2.53. The molecule has 19 heavy (non-hydrogen) atoms. The number of rotatable bonds is 7. The first-order valence-electron chi connectivity index (χ1n) is 7.67. The summed E-state index contributed by atoms with van der Waals surface area (Å²) in [5, 5.41) is 0. The Balaban J connectivity index is 2.52. The van der Waals surface area contributed by atoms with Crippen LogP contribution in [0.25, 0.3) is 0 Å². The number of ether oxygens (including phenoxy) is 1. The van der Waals surface area contributed by atoms with Gasteiger partial charge in [-0.05, 0) is 26.7 Å². The number of aliphatic imine (C=N–C) groups is 1. The lowest BCUT2D eigenvalue weighted by Crippen LogP contribution is -2.55. The second kappa shape index (κ2) is 7.13. The summed E-state index contributed by atoms with van der Waals surface area (Å²) in [7, 11) is 0. The number of guanidine groups is 1. The summed E-state index contributed by atoms with van der Waals surface area (Å²) in [5.74, 6) is 0.676. The number of hydrogen-bond acceptors (Lipinski definition) is 2. The second-order valence-corrected chi connectivity index (χ2v) is 5.95. The molecule has 0 aliphatic heterocycles. The van der Waals surface area contributed by atoms with Crippen LogP contribution < -0.4 is 5.73 Å². The van der Waals surface area contributed by atoms with Gasteiger partial charge in [0.05, 0.1) is 12.1 Å². The van der Waals surface area contributed by atoms with E-state index in [0.717, 1.165) is 32.5 Å². The van der Waals surface area contributed by atoms with Gasteiger partial charge in [-0.2, -0.15) is 0 Å². The van der Waals surface area contributed by atoms with E-state index in [4.69, 9.17) is 15.5 Å². The van der Waals surface area contributed by atoms with Crippen LogP contribution in [-0.2, 0) is 4.74 Å². The molecule has 0 amide bonds. The fourth-order valence-electron chi connectivity index (χ4n) is 2.53. The smallest absolute Gasteiger partial charge is 0.191 e. The standard InChI is InChI=1S/C15H31N3O/c1-6-9-10-19-13-11-12(15(13,4)5)17-14(16)18(7-2)8-3/h12-13H,6-11H2,1-5H3,(H2,16,17). The van der Waals surface area contributed by atoms with Crippen molar-refractivity contribution >= 4 is 5.96 Å². The lowest BCUT2D eigenvalue weighted by molar-refractivity contribution is -0.107. The van der Waals surface area contributed by atoms with Crippen molar-refractivity contribution in [2.75, 3.05) is 19.7 Å².